The number of aromatic nitrogens is 1. The summed E-state index contributed by atoms with van der Waals surface area (Å²) in [5.41, 5.74) is 3.49. The number of nitrogens with zero attached hydrogens (tertiary/aromatic N) is 2. The van der Waals surface area contributed by atoms with Crippen molar-refractivity contribution in [2.45, 2.75) is 12.5 Å². The van der Waals surface area contributed by atoms with Crippen molar-refractivity contribution >= 4 is 44.6 Å². The molecule has 1 aromatic heterocycles. The van der Waals surface area contributed by atoms with Crippen molar-refractivity contribution in [3.8, 4) is 0 Å². The average Bonchev–Trinajstić information content (AvgIpc) is 3.31. The SMILES string of the molecule is N=C1C(c2nc3ccccc3s2)=C(O)C(c2ccccc2)N1CCc1ccc(Cl)cc1. The first kappa shape index (κ1) is 19.8. The van der Waals surface area contributed by atoms with Crippen LogP contribution < -0.4 is 0 Å². The maximum Gasteiger partial charge on any atom is 0.135 e. The number of fused-ring (bicyclic) bond motifs is 1. The van der Waals surface area contributed by atoms with E-state index in [0.29, 0.717) is 28.0 Å². The minimum Gasteiger partial charge on any atom is -0.509 e. The van der Waals surface area contributed by atoms with Gasteiger partial charge in [0.1, 0.15) is 22.6 Å². The van der Waals surface area contributed by atoms with E-state index < -0.39 is 6.04 Å². The van der Waals surface area contributed by atoms with E-state index in [-0.39, 0.29) is 5.76 Å². The molecular weight excluding hydrogens is 426 g/mol. The zero-order valence-corrected chi connectivity index (χ0v) is 18.2. The molecular formula is C25H20ClN3OS. The highest BCUT2D eigenvalue weighted by Crippen LogP contribution is 2.42. The first-order chi connectivity index (χ1) is 15.1. The summed E-state index contributed by atoms with van der Waals surface area (Å²) < 4.78 is 1.04. The third-order valence-electron chi connectivity index (χ3n) is 5.53. The lowest BCUT2D eigenvalue weighted by Crippen LogP contribution is -2.31. The van der Waals surface area contributed by atoms with Gasteiger partial charge in [-0.3, -0.25) is 5.41 Å². The highest BCUT2D eigenvalue weighted by atomic mass is 35.5. The monoisotopic (exact) mass is 445 g/mol. The van der Waals surface area contributed by atoms with Crippen molar-refractivity contribution < 1.29 is 5.11 Å². The van der Waals surface area contributed by atoms with Crippen molar-refractivity contribution in [1.82, 2.24) is 9.88 Å². The van der Waals surface area contributed by atoms with Gasteiger partial charge in [-0.05, 0) is 41.8 Å². The molecule has 154 valence electrons. The van der Waals surface area contributed by atoms with Crippen LogP contribution >= 0.6 is 22.9 Å². The number of hydrogen-bond acceptors (Lipinski definition) is 4. The van der Waals surface area contributed by atoms with Gasteiger partial charge in [-0.15, -0.1) is 11.3 Å². The number of benzene rings is 3. The Morgan fingerprint density at radius 2 is 1.68 bits per heavy atom. The predicted molar refractivity (Wildman–Crippen MR) is 128 cm³/mol. The number of aliphatic hydroxyl groups excluding tert-OH is 1. The molecule has 0 radical (unpaired) electrons. The summed E-state index contributed by atoms with van der Waals surface area (Å²) in [7, 11) is 0. The number of halogens is 1. The van der Waals surface area contributed by atoms with Crippen LogP contribution in [0.25, 0.3) is 15.8 Å². The molecule has 3 aromatic carbocycles. The van der Waals surface area contributed by atoms with Crippen LogP contribution in [0.5, 0.6) is 0 Å². The van der Waals surface area contributed by atoms with Gasteiger partial charge in [0.05, 0.1) is 15.8 Å². The largest absolute Gasteiger partial charge is 0.509 e. The molecule has 31 heavy (non-hydrogen) atoms. The quantitative estimate of drug-likeness (QED) is 0.368. The molecule has 0 fully saturated rings. The van der Waals surface area contributed by atoms with Gasteiger partial charge in [0.15, 0.2) is 0 Å². The Labute approximate surface area is 189 Å². The molecule has 1 unspecified atom stereocenters. The highest BCUT2D eigenvalue weighted by molar-refractivity contribution is 7.19. The fraction of sp³-hybridized carbons (Fsp3) is 0.120. The summed E-state index contributed by atoms with van der Waals surface area (Å²) in [4.78, 5) is 6.66. The molecule has 0 amide bonds. The second-order valence-electron chi connectivity index (χ2n) is 7.48. The molecule has 2 heterocycles. The molecule has 1 aliphatic rings. The number of rotatable bonds is 5. The van der Waals surface area contributed by atoms with Gasteiger partial charge < -0.3 is 10.0 Å². The second-order valence-corrected chi connectivity index (χ2v) is 8.95. The summed E-state index contributed by atoms with van der Waals surface area (Å²) in [6.45, 7) is 0.596. The molecule has 4 nitrogen and oxygen atoms in total. The van der Waals surface area contributed by atoms with Crippen molar-refractivity contribution in [2.24, 2.45) is 0 Å². The smallest absolute Gasteiger partial charge is 0.135 e. The number of thiazole rings is 1. The molecule has 0 spiro atoms. The molecule has 5 rings (SSSR count). The van der Waals surface area contributed by atoms with E-state index in [9.17, 15) is 5.11 Å². The van der Waals surface area contributed by atoms with Crippen LogP contribution in [0.15, 0.2) is 84.6 Å². The number of nitrogens with one attached hydrogen (secondary N) is 1. The molecule has 4 aromatic rings. The van der Waals surface area contributed by atoms with Crippen LogP contribution in [-0.2, 0) is 6.42 Å². The van der Waals surface area contributed by atoms with Crippen molar-refractivity contribution in [3.63, 3.8) is 0 Å². The molecule has 0 saturated carbocycles. The summed E-state index contributed by atoms with van der Waals surface area (Å²) in [5.74, 6) is 0.491. The first-order valence-corrected chi connectivity index (χ1v) is 11.3. The van der Waals surface area contributed by atoms with Crippen LogP contribution in [0.4, 0.5) is 0 Å². The van der Waals surface area contributed by atoms with Gasteiger partial charge in [-0.25, -0.2) is 4.98 Å². The molecule has 0 aliphatic carbocycles. The van der Waals surface area contributed by atoms with Gasteiger partial charge in [-0.2, -0.15) is 0 Å². The Balaban J connectivity index is 1.52. The number of para-hydroxylation sites is 1. The van der Waals surface area contributed by atoms with E-state index in [0.717, 1.165) is 27.8 Å². The van der Waals surface area contributed by atoms with Crippen LogP contribution in [0.2, 0.25) is 5.02 Å². The van der Waals surface area contributed by atoms with E-state index in [4.69, 9.17) is 22.0 Å². The second kappa shape index (κ2) is 8.17. The van der Waals surface area contributed by atoms with E-state index in [1.165, 1.54) is 11.3 Å². The summed E-state index contributed by atoms with van der Waals surface area (Å²) in [6.07, 6.45) is 0.739. The third-order valence-corrected chi connectivity index (χ3v) is 6.83. The van der Waals surface area contributed by atoms with Crippen molar-refractivity contribution in [3.05, 3.63) is 106 Å². The average molecular weight is 446 g/mol. The van der Waals surface area contributed by atoms with Crippen LogP contribution in [-0.4, -0.2) is 27.4 Å². The molecule has 0 saturated heterocycles. The van der Waals surface area contributed by atoms with Crippen LogP contribution in [0, 0.1) is 5.41 Å². The standard InChI is InChI=1S/C25H20ClN3OS/c26-18-12-10-16(11-13-18)14-15-29-22(17-6-2-1-3-7-17)23(30)21(24(29)27)25-28-19-8-4-5-9-20(19)31-25/h1-13,22,27,30H,14-15H2. The highest BCUT2D eigenvalue weighted by Gasteiger charge is 2.39. The van der Waals surface area contributed by atoms with Gasteiger partial charge in [0.2, 0.25) is 0 Å². The fourth-order valence-electron chi connectivity index (χ4n) is 3.98. The Morgan fingerprint density at radius 3 is 2.42 bits per heavy atom. The van der Waals surface area contributed by atoms with E-state index in [2.05, 4.69) is 0 Å². The molecule has 1 atom stereocenters. The Hall–Kier alpha value is -3.15. The lowest BCUT2D eigenvalue weighted by molar-refractivity contribution is 0.276. The minimum atomic E-state index is -0.400. The number of amidine groups is 1. The maximum atomic E-state index is 11.3. The Kier molecular flexibility index (Phi) is 5.22. The van der Waals surface area contributed by atoms with Crippen LogP contribution in [0.1, 0.15) is 22.2 Å². The molecule has 1 aliphatic heterocycles. The summed E-state index contributed by atoms with van der Waals surface area (Å²) in [5, 5.41) is 21.6. The Bertz CT molecular complexity index is 1250. The van der Waals surface area contributed by atoms with Crippen molar-refractivity contribution in [1.29, 1.82) is 5.41 Å². The first-order valence-electron chi connectivity index (χ1n) is 10.1. The third kappa shape index (κ3) is 3.71. The van der Waals surface area contributed by atoms with Gasteiger partial charge in [0, 0.05) is 11.6 Å². The van der Waals surface area contributed by atoms with Gasteiger partial charge >= 0.3 is 0 Å². The van der Waals surface area contributed by atoms with Gasteiger partial charge in [0.25, 0.3) is 0 Å². The van der Waals surface area contributed by atoms with Crippen molar-refractivity contribution in [2.75, 3.05) is 6.54 Å². The Morgan fingerprint density at radius 1 is 0.968 bits per heavy atom. The maximum absolute atomic E-state index is 11.3. The fourth-order valence-corrected chi connectivity index (χ4v) is 5.13. The van der Waals surface area contributed by atoms with E-state index >= 15 is 0 Å². The van der Waals surface area contributed by atoms with E-state index in [1.807, 2.05) is 83.8 Å². The lowest BCUT2D eigenvalue weighted by Gasteiger charge is -2.27. The lowest BCUT2D eigenvalue weighted by atomic mass is 10.0. The molecule has 6 heteroatoms. The van der Waals surface area contributed by atoms with E-state index in [1.54, 1.807) is 0 Å². The minimum absolute atomic E-state index is 0.186. The molecule has 2 N–H and O–H groups in total. The zero-order valence-electron chi connectivity index (χ0n) is 16.6. The topological polar surface area (TPSA) is 60.2 Å². The van der Waals surface area contributed by atoms with Gasteiger partial charge in [-0.1, -0.05) is 66.2 Å². The number of aliphatic hydroxyl groups is 1. The zero-order chi connectivity index (χ0) is 21.4. The molecule has 0 bridgehead atoms. The summed E-state index contributed by atoms with van der Waals surface area (Å²) >= 11 is 7.52. The van der Waals surface area contributed by atoms with Crippen LogP contribution in [0.3, 0.4) is 0 Å². The predicted octanol–water partition coefficient (Wildman–Crippen LogP) is 6.50. The number of hydrogen-bond donors (Lipinski definition) is 2. The summed E-state index contributed by atoms with van der Waals surface area (Å²) in [6, 6.07) is 25.1. The normalized spacial score (nSPS) is 16.5.